The zero-order valence-corrected chi connectivity index (χ0v) is 9.73. The van der Waals surface area contributed by atoms with E-state index in [2.05, 4.69) is 0 Å². The summed E-state index contributed by atoms with van der Waals surface area (Å²) in [5.74, 6) is 0. The topological polar surface area (TPSA) is 101 Å². The molecule has 0 aromatic rings. The van der Waals surface area contributed by atoms with E-state index >= 15 is 0 Å². The molecule has 8 heteroatoms. The summed E-state index contributed by atoms with van der Waals surface area (Å²) in [6, 6.07) is 0. The molecule has 0 aromatic heterocycles. The summed E-state index contributed by atoms with van der Waals surface area (Å²) in [6.45, 7) is 1.53. The Morgan fingerprint density at radius 1 is 1.29 bits per heavy atom. The van der Waals surface area contributed by atoms with Gasteiger partial charge in [-0.25, -0.2) is 21.6 Å². The SMILES string of the molecule is CCC(O)CNS(=O)(=O)CS(C)(=O)=O. The first-order valence-electron chi connectivity index (χ1n) is 3.99. The maximum absolute atomic E-state index is 11.1. The monoisotopic (exact) mass is 245 g/mol. The summed E-state index contributed by atoms with van der Waals surface area (Å²) < 4.78 is 45.5. The Bertz CT molecular complexity index is 358. The van der Waals surface area contributed by atoms with Crippen molar-refractivity contribution in [3.05, 3.63) is 0 Å². The Kier molecular flexibility index (Phi) is 4.99. The highest BCUT2D eigenvalue weighted by molar-refractivity contribution is 8.06. The van der Waals surface area contributed by atoms with Crippen LogP contribution in [0.4, 0.5) is 0 Å². The van der Waals surface area contributed by atoms with Crippen LogP contribution >= 0.6 is 0 Å². The predicted molar refractivity (Wildman–Crippen MR) is 52.9 cm³/mol. The van der Waals surface area contributed by atoms with Gasteiger partial charge in [-0.2, -0.15) is 0 Å². The van der Waals surface area contributed by atoms with Gasteiger partial charge < -0.3 is 5.11 Å². The molecule has 0 rings (SSSR count). The summed E-state index contributed by atoms with van der Waals surface area (Å²) in [5, 5.41) is 8.10. The van der Waals surface area contributed by atoms with Gasteiger partial charge >= 0.3 is 0 Å². The van der Waals surface area contributed by atoms with E-state index in [0.29, 0.717) is 6.42 Å². The van der Waals surface area contributed by atoms with Gasteiger partial charge in [0, 0.05) is 12.8 Å². The lowest BCUT2D eigenvalue weighted by atomic mass is 10.3. The molecule has 86 valence electrons. The largest absolute Gasteiger partial charge is 0.392 e. The Morgan fingerprint density at radius 3 is 2.14 bits per heavy atom. The maximum Gasteiger partial charge on any atom is 0.226 e. The second-order valence-corrected chi connectivity index (χ2v) is 7.38. The van der Waals surface area contributed by atoms with Crippen LogP contribution in [0, 0.1) is 0 Å². The first-order chi connectivity index (χ1) is 6.16. The molecule has 0 spiro atoms. The molecule has 14 heavy (non-hydrogen) atoms. The van der Waals surface area contributed by atoms with Crippen LogP contribution in [0.25, 0.3) is 0 Å². The van der Waals surface area contributed by atoms with E-state index in [1.165, 1.54) is 0 Å². The second kappa shape index (κ2) is 5.06. The first kappa shape index (κ1) is 13.8. The molecule has 0 heterocycles. The normalized spacial score (nSPS) is 15.4. The van der Waals surface area contributed by atoms with E-state index < -0.39 is 31.0 Å². The van der Waals surface area contributed by atoms with Gasteiger partial charge in [0.2, 0.25) is 10.0 Å². The predicted octanol–water partition coefficient (Wildman–Crippen LogP) is -1.32. The minimum Gasteiger partial charge on any atom is -0.392 e. The fourth-order valence-electron chi connectivity index (χ4n) is 0.691. The highest BCUT2D eigenvalue weighted by Gasteiger charge is 2.18. The summed E-state index contributed by atoms with van der Waals surface area (Å²) in [6.07, 6.45) is 0.452. The molecule has 0 aliphatic rings. The van der Waals surface area contributed by atoms with Gasteiger partial charge in [0.05, 0.1) is 6.10 Å². The lowest BCUT2D eigenvalue weighted by Gasteiger charge is -2.09. The van der Waals surface area contributed by atoms with Gasteiger partial charge in [0.1, 0.15) is 0 Å². The van der Waals surface area contributed by atoms with Crippen molar-refractivity contribution in [1.82, 2.24) is 4.72 Å². The van der Waals surface area contributed by atoms with Crippen LogP contribution in [-0.2, 0) is 19.9 Å². The molecule has 1 unspecified atom stereocenters. The standard InChI is InChI=1S/C6H15NO5S2/c1-3-6(8)4-7-14(11,12)5-13(2,9)10/h6-8H,3-5H2,1-2H3. The molecular formula is C6H15NO5S2. The third kappa shape index (κ3) is 7.25. The molecule has 0 saturated heterocycles. The van der Waals surface area contributed by atoms with Crippen molar-refractivity contribution in [2.24, 2.45) is 0 Å². The molecule has 6 nitrogen and oxygen atoms in total. The van der Waals surface area contributed by atoms with Crippen LogP contribution in [0.3, 0.4) is 0 Å². The van der Waals surface area contributed by atoms with Gasteiger partial charge in [0.15, 0.2) is 14.9 Å². The average molecular weight is 245 g/mol. The number of nitrogens with one attached hydrogen (secondary N) is 1. The van der Waals surface area contributed by atoms with Crippen molar-refractivity contribution in [1.29, 1.82) is 0 Å². The van der Waals surface area contributed by atoms with Crippen molar-refractivity contribution < 1.29 is 21.9 Å². The minimum absolute atomic E-state index is 0.158. The number of sulfone groups is 1. The fraction of sp³-hybridized carbons (Fsp3) is 1.00. The quantitative estimate of drug-likeness (QED) is 0.604. The Labute approximate surface area is 84.3 Å². The van der Waals surface area contributed by atoms with E-state index in [9.17, 15) is 16.8 Å². The zero-order valence-electron chi connectivity index (χ0n) is 8.10. The lowest BCUT2D eigenvalue weighted by Crippen LogP contribution is -2.35. The third-order valence-corrected chi connectivity index (χ3v) is 4.94. The molecule has 0 bridgehead atoms. The highest BCUT2D eigenvalue weighted by Crippen LogP contribution is 1.94. The van der Waals surface area contributed by atoms with Crippen molar-refractivity contribution in [3.8, 4) is 0 Å². The molecule has 0 fully saturated rings. The number of aliphatic hydroxyl groups is 1. The number of rotatable bonds is 6. The third-order valence-electron chi connectivity index (χ3n) is 1.38. The number of aliphatic hydroxyl groups excluding tert-OH is 1. The molecule has 0 radical (unpaired) electrons. The molecule has 0 aromatic carbocycles. The van der Waals surface area contributed by atoms with Gasteiger partial charge in [-0.1, -0.05) is 6.92 Å². The Hall–Kier alpha value is -0.180. The molecular weight excluding hydrogens is 230 g/mol. The first-order valence-corrected chi connectivity index (χ1v) is 7.70. The Balaban J connectivity index is 4.24. The van der Waals surface area contributed by atoms with Gasteiger partial charge in [-0.05, 0) is 6.42 Å². The van der Waals surface area contributed by atoms with Gasteiger partial charge in [-0.15, -0.1) is 0 Å². The molecule has 0 amide bonds. The van der Waals surface area contributed by atoms with Crippen LogP contribution in [0.5, 0.6) is 0 Å². The van der Waals surface area contributed by atoms with Crippen molar-refractivity contribution in [2.45, 2.75) is 19.4 Å². The van der Waals surface area contributed by atoms with E-state index in [4.69, 9.17) is 5.11 Å². The van der Waals surface area contributed by atoms with E-state index in [1.807, 2.05) is 4.72 Å². The van der Waals surface area contributed by atoms with E-state index in [1.54, 1.807) is 6.92 Å². The van der Waals surface area contributed by atoms with Crippen LogP contribution in [-0.4, -0.2) is 45.9 Å². The lowest BCUT2D eigenvalue weighted by molar-refractivity contribution is 0.174. The van der Waals surface area contributed by atoms with Gasteiger partial charge in [-0.3, -0.25) is 0 Å². The highest BCUT2D eigenvalue weighted by atomic mass is 32.3. The summed E-state index contributed by atoms with van der Waals surface area (Å²) >= 11 is 0. The number of hydrogen-bond acceptors (Lipinski definition) is 5. The average Bonchev–Trinajstić information content (AvgIpc) is 1.96. The van der Waals surface area contributed by atoms with Gasteiger partial charge in [0.25, 0.3) is 0 Å². The molecule has 0 saturated carbocycles. The summed E-state index contributed by atoms with van der Waals surface area (Å²) in [5.41, 5.74) is 0. The zero-order chi connectivity index (χ0) is 11.4. The van der Waals surface area contributed by atoms with Crippen LogP contribution in [0.2, 0.25) is 0 Å². The van der Waals surface area contributed by atoms with Crippen molar-refractivity contribution in [3.63, 3.8) is 0 Å². The molecule has 2 N–H and O–H groups in total. The van der Waals surface area contributed by atoms with Crippen molar-refractivity contribution in [2.75, 3.05) is 17.9 Å². The number of hydrogen-bond donors (Lipinski definition) is 2. The van der Waals surface area contributed by atoms with Crippen LogP contribution in [0.1, 0.15) is 13.3 Å². The fourth-order valence-corrected chi connectivity index (χ4v) is 3.73. The van der Waals surface area contributed by atoms with E-state index in [0.717, 1.165) is 6.26 Å². The second-order valence-electron chi connectivity index (χ2n) is 3.07. The van der Waals surface area contributed by atoms with Crippen LogP contribution < -0.4 is 4.72 Å². The van der Waals surface area contributed by atoms with Crippen molar-refractivity contribution >= 4 is 19.9 Å². The maximum atomic E-state index is 11.1. The number of sulfonamides is 1. The van der Waals surface area contributed by atoms with E-state index in [-0.39, 0.29) is 6.54 Å². The summed E-state index contributed by atoms with van der Waals surface area (Å²) in [4.78, 5) is 0. The molecule has 1 atom stereocenters. The van der Waals surface area contributed by atoms with Crippen LogP contribution in [0.15, 0.2) is 0 Å². The Morgan fingerprint density at radius 2 is 1.79 bits per heavy atom. The summed E-state index contributed by atoms with van der Waals surface area (Å²) in [7, 11) is -7.41. The molecule has 0 aliphatic carbocycles. The minimum atomic E-state index is -3.84. The molecule has 0 aliphatic heterocycles. The smallest absolute Gasteiger partial charge is 0.226 e.